The topological polar surface area (TPSA) is 79.6 Å². The Bertz CT molecular complexity index is 677. The molecule has 0 spiro atoms. The number of benzene rings is 1. The van der Waals surface area contributed by atoms with Crippen LogP contribution in [0.15, 0.2) is 23.8 Å². The summed E-state index contributed by atoms with van der Waals surface area (Å²) in [5.74, 6) is 6.81. The molecule has 1 atom stereocenters. The number of hydrogen-bond donors (Lipinski definition) is 3. The summed E-state index contributed by atoms with van der Waals surface area (Å²) in [6.45, 7) is 1.24. The lowest BCUT2D eigenvalue weighted by Gasteiger charge is -2.18. The fourth-order valence-corrected chi connectivity index (χ4v) is 4.21. The summed E-state index contributed by atoms with van der Waals surface area (Å²) in [5.41, 5.74) is 8.57. The Labute approximate surface area is 153 Å². The van der Waals surface area contributed by atoms with E-state index in [2.05, 4.69) is 29.1 Å². The first-order chi connectivity index (χ1) is 12.2. The zero-order valence-electron chi connectivity index (χ0n) is 14.8. The molecule has 1 amide bonds. The number of amides is 1. The summed E-state index contributed by atoms with van der Waals surface area (Å²) in [7, 11) is 1.86. The minimum Gasteiger partial charge on any atom is -0.443 e. The van der Waals surface area contributed by atoms with Crippen molar-refractivity contribution < 1.29 is 9.53 Å². The number of cyclic esters (lactones) is 1. The molecule has 1 unspecified atom stereocenters. The van der Waals surface area contributed by atoms with Crippen molar-refractivity contribution in [3.05, 3.63) is 34.9 Å². The number of anilines is 1. The maximum Gasteiger partial charge on any atom is 0.414 e. The van der Waals surface area contributed by atoms with Crippen molar-refractivity contribution in [1.82, 2.24) is 10.7 Å². The van der Waals surface area contributed by atoms with E-state index in [1.807, 2.05) is 24.9 Å². The zero-order valence-corrected chi connectivity index (χ0v) is 15.6. The number of fused-ring (bicyclic) bond motifs is 1. The number of likely N-dealkylation sites (N-methyl/N-ethyl adjacent to an activating group) is 1. The van der Waals surface area contributed by atoms with E-state index >= 15 is 0 Å². The zero-order chi connectivity index (χ0) is 17.8. The van der Waals surface area contributed by atoms with Gasteiger partial charge in [-0.3, -0.25) is 10.7 Å². The van der Waals surface area contributed by atoms with E-state index in [-0.39, 0.29) is 12.2 Å². The Hall–Kier alpha value is -1.70. The Kier molecular flexibility index (Phi) is 5.88. The number of rotatable bonds is 6. The number of carbonyl (C=O) groups is 1. The van der Waals surface area contributed by atoms with Gasteiger partial charge in [-0.05, 0) is 55.8 Å². The second-order valence-corrected chi connectivity index (χ2v) is 7.29. The minimum atomic E-state index is -0.274. The second kappa shape index (κ2) is 8.12. The summed E-state index contributed by atoms with van der Waals surface area (Å²) < 4.78 is 5.41. The van der Waals surface area contributed by atoms with Crippen LogP contribution in [0, 0.1) is 0 Å². The third-order valence-electron chi connectivity index (χ3n) is 4.72. The Morgan fingerprint density at radius 2 is 2.24 bits per heavy atom. The highest BCUT2D eigenvalue weighted by Gasteiger charge is 2.32. The molecule has 0 bridgehead atoms. The molecular formula is C18H26N4O2S. The first kappa shape index (κ1) is 18.1. The highest BCUT2D eigenvalue weighted by molar-refractivity contribution is 7.98. The van der Waals surface area contributed by atoms with Crippen molar-refractivity contribution in [2.75, 3.05) is 37.0 Å². The number of aryl methyl sites for hydroxylation is 1. The number of thioether (sulfide) groups is 1. The number of hydrogen-bond acceptors (Lipinski definition) is 6. The highest BCUT2D eigenvalue weighted by Crippen LogP contribution is 2.33. The van der Waals surface area contributed by atoms with Crippen LogP contribution < -0.4 is 21.5 Å². The quantitative estimate of drug-likeness (QED) is 0.531. The SMILES string of the molecule is CNCC1CN(c2ccc3c(c2)CCCC(CSC)=C3NN)C(=O)O1. The molecule has 0 aromatic heterocycles. The van der Waals surface area contributed by atoms with Crippen LogP contribution in [-0.2, 0) is 11.2 Å². The lowest BCUT2D eigenvalue weighted by molar-refractivity contribution is 0.141. The lowest BCUT2D eigenvalue weighted by atomic mass is 10.0. The van der Waals surface area contributed by atoms with Gasteiger partial charge in [0.1, 0.15) is 6.10 Å². The Morgan fingerprint density at radius 1 is 1.40 bits per heavy atom. The van der Waals surface area contributed by atoms with Crippen LogP contribution in [-0.4, -0.2) is 44.3 Å². The predicted molar refractivity (Wildman–Crippen MR) is 104 cm³/mol. The van der Waals surface area contributed by atoms with E-state index in [0.717, 1.165) is 42.0 Å². The molecule has 0 saturated carbocycles. The van der Waals surface area contributed by atoms with Gasteiger partial charge < -0.3 is 15.5 Å². The van der Waals surface area contributed by atoms with Crippen LogP contribution >= 0.6 is 11.8 Å². The molecule has 1 aromatic rings. The van der Waals surface area contributed by atoms with Crippen molar-refractivity contribution >= 4 is 29.2 Å². The van der Waals surface area contributed by atoms with Gasteiger partial charge in [0.2, 0.25) is 0 Å². The Morgan fingerprint density at radius 3 is 2.96 bits per heavy atom. The molecule has 0 radical (unpaired) electrons. The molecule has 1 aliphatic heterocycles. The third kappa shape index (κ3) is 3.78. The Balaban J connectivity index is 1.90. The minimum absolute atomic E-state index is 0.106. The van der Waals surface area contributed by atoms with Crippen LogP contribution in [0.2, 0.25) is 0 Å². The normalized spacial score (nSPS) is 20.4. The monoisotopic (exact) mass is 362 g/mol. The summed E-state index contributed by atoms with van der Waals surface area (Å²) >= 11 is 1.81. The van der Waals surface area contributed by atoms with Crippen molar-refractivity contribution in [3.8, 4) is 0 Å². The molecule has 3 rings (SSSR count). The number of hydrazine groups is 1. The fraction of sp³-hybridized carbons (Fsp3) is 0.500. The molecule has 6 nitrogen and oxygen atoms in total. The average Bonchev–Trinajstić information content (AvgIpc) is 2.87. The first-order valence-electron chi connectivity index (χ1n) is 8.61. The van der Waals surface area contributed by atoms with E-state index in [9.17, 15) is 4.79 Å². The fourth-order valence-electron chi connectivity index (χ4n) is 3.57. The van der Waals surface area contributed by atoms with Crippen molar-refractivity contribution in [2.45, 2.75) is 25.4 Å². The van der Waals surface area contributed by atoms with Crippen LogP contribution in [0.25, 0.3) is 5.70 Å². The maximum absolute atomic E-state index is 12.2. The number of ether oxygens (including phenoxy) is 1. The highest BCUT2D eigenvalue weighted by atomic mass is 32.2. The van der Waals surface area contributed by atoms with Gasteiger partial charge in [0.25, 0.3) is 0 Å². The molecule has 136 valence electrons. The summed E-state index contributed by atoms with van der Waals surface area (Å²) in [4.78, 5) is 13.9. The van der Waals surface area contributed by atoms with Gasteiger partial charge in [-0.2, -0.15) is 11.8 Å². The standard InChI is InChI=1S/C18H26N4O2S/c1-20-9-15-10-22(18(23)24-15)14-6-7-16-12(8-14)4-3-5-13(11-25-2)17(16)21-19/h6-8,15,20-21H,3-5,9-11,19H2,1-2H3. The molecule has 1 fully saturated rings. The molecule has 1 saturated heterocycles. The molecule has 1 aliphatic carbocycles. The van der Waals surface area contributed by atoms with Gasteiger partial charge in [0.15, 0.2) is 0 Å². The van der Waals surface area contributed by atoms with E-state index < -0.39 is 0 Å². The van der Waals surface area contributed by atoms with Crippen LogP contribution in [0.1, 0.15) is 24.0 Å². The third-order valence-corrected chi connectivity index (χ3v) is 5.35. The smallest absolute Gasteiger partial charge is 0.414 e. The van der Waals surface area contributed by atoms with Crippen molar-refractivity contribution in [2.24, 2.45) is 5.84 Å². The lowest BCUT2D eigenvalue weighted by Crippen LogP contribution is -2.29. The van der Waals surface area contributed by atoms with Gasteiger partial charge in [-0.1, -0.05) is 6.07 Å². The molecule has 2 aliphatic rings. The van der Waals surface area contributed by atoms with Gasteiger partial charge in [0.05, 0.1) is 12.2 Å². The van der Waals surface area contributed by atoms with Gasteiger partial charge in [-0.15, -0.1) is 0 Å². The summed E-state index contributed by atoms with van der Waals surface area (Å²) in [6, 6.07) is 6.17. The molecule has 25 heavy (non-hydrogen) atoms. The number of nitrogens with zero attached hydrogens (tertiary/aromatic N) is 1. The second-order valence-electron chi connectivity index (χ2n) is 6.42. The molecule has 7 heteroatoms. The van der Waals surface area contributed by atoms with Gasteiger partial charge >= 0.3 is 6.09 Å². The van der Waals surface area contributed by atoms with Crippen LogP contribution in [0.3, 0.4) is 0 Å². The van der Waals surface area contributed by atoms with Crippen LogP contribution in [0.5, 0.6) is 0 Å². The largest absolute Gasteiger partial charge is 0.443 e. The number of nitrogens with two attached hydrogens (primary N) is 1. The van der Waals surface area contributed by atoms with E-state index in [0.29, 0.717) is 13.1 Å². The van der Waals surface area contributed by atoms with Crippen LogP contribution in [0.4, 0.5) is 10.5 Å². The summed E-state index contributed by atoms with van der Waals surface area (Å²) in [5, 5.41) is 3.06. The predicted octanol–water partition coefficient (Wildman–Crippen LogP) is 2.10. The average molecular weight is 362 g/mol. The molecule has 4 N–H and O–H groups in total. The molecule has 1 aromatic carbocycles. The molecular weight excluding hydrogens is 336 g/mol. The summed E-state index contributed by atoms with van der Waals surface area (Å²) in [6.07, 6.45) is 4.84. The van der Waals surface area contributed by atoms with E-state index in [1.54, 1.807) is 4.90 Å². The van der Waals surface area contributed by atoms with E-state index in [1.165, 1.54) is 11.1 Å². The first-order valence-corrected chi connectivity index (χ1v) is 10.0. The van der Waals surface area contributed by atoms with E-state index in [4.69, 9.17) is 10.6 Å². The van der Waals surface area contributed by atoms with Crippen molar-refractivity contribution in [1.29, 1.82) is 0 Å². The number of nitrogens with one attached hydrogen (secondary N) is 2. The van der Waals surface area contributed by atoms with Gasteiger partial charge in [0, 0.05) is 23.5 Å². The van der Waals surface area contributed by atoms with Crippen molar-refractivity contribution in [3.63, 3.8) is 0 Å². The molecule has 1 heterocycles. The number of carbonyl (C=O) groups excluding carboxylic acids is 1. The van der Waals surface area contributed by atoms with Gasteiger partial charge in [-0.25, -0.2) is 4.79 Å². The maximum atomic E-state index is 12.2.